The molecule has 3 rings (SSSR count). The molecule has 2 aromatic rings. The van der Waals surface area contributed by atoms with E-state index in [1.165, 1.54) is 12.1 Å². The van der Waals surface area contributed by atoms with Gasteiger partial charge in [-0.3, -0.25) is 14.9 Å². The van der Waals surface area contributed by atoms with Gasteiger partial charge in [0.1, 0.15) is 5.57 Å². The van der Waals surface area contributed by atoms with E-state index in [0.717, 1.165) is 16.9 Å². The van der Waals surface area contributed by atoms with Gasteiger partial charge in [0.05, 0.1) is 12.3 Å². The SMILES string of the molecule is C=CCc1cc(/C=C2/C(=O)NC(=O)N(c3ccc(CC)cc3)C2=O)cc(OCC)c1O. The molecule has 2 aromatic carbocycles. The highest BCUT2D eigenvalue weighted by atomic mass is 16.5. The Morgan fingerprint density at radius 2 is 1.84 bits per heavy atom. The zero-order chi connectivity index (χ0) is 22.5. The van der Waals surface area contributed by atoms with Crippen LogP contribution < -0.4 is 15.0 Å². The third-order valence-corrected chi connectivity index (χ3v) is 4.86. The molecular weight excluding hydrogens is 396 g/mol. The number of carbonyl (C=O) groups is 3. The van der Waals surface area contributed by atoms with Gasteiger partial charge < -0.3 is 9.84 Å². The van der Waals surface area contributed by atoms with E-state index >= 15 is 0 Å². The van der Waals surface area contributed by atoms with Crippen LogP contribution in [0.3, 0.4) is 0 Å². The first-order valence-electron chi connectivity index (χ1n) is 9.99. The van der Waals surface area contributed by atoms with E-state index in [1.54, 1.807) is 31.2 Å². The van der Waals surface area contributed by atoms with Crippen LogP contribution >= 0.6 is 0 Å². The Morgan fingerprint density at radius 3 is 2.45 bits per heavy atom. The van der Waals surface area contributed by atoms with Crippen LogP contribution in [0.15, 0.2) is 54.6 Å². The lowest BCUT2D eigenvalue weighted by molar-refractivity contribution is -0.122. The third-order valence-electron chi connectivity index (χ3n) is 4.86. The summed E-state index contributed by atoms with van der Waals surface area (Å²) < 4.78 is 5.47. The number of aromatic hydroxyl groups is 1. The first-order chi connectivity index (χ1) is 14.9. The largest absolute Gasteiger partial charge is 0.504 e. The maximum absolute atomic E-state index is 13.1. The smallest absolute Gasteiger partial charge is 0.335 e. The number of urea groups is 1. The fourth-order valence-electron chi connectivity index (χ4n) is 3.29. The number of phenols is 1. The van der Waals surface area contributed by atoms with Crippen molar-refractivity contribution in [1.82, 2.24) is 5.32 Å². The Balaban J connectivity index is 2.04. The van der Waals surface area contributed by atoms with Crippen LogP contribution in [0.1, 0.15) is 30.5 Å². The molecule has 160 valence electrons. The lowest BCUT2D eigenvalue weighted by Gasteiger charge is -2.26. The number of ether oxygens (including phenoxy) is 1. The Hall–Kier alpha value is -3.87. The number of anilines is 1. The highest BCUT2D eigenvalue weighted by molar-refractivity contribution is 6.39. The van der Waals surface area contributed by atoms with E-state index < -0.39 is 17.8 Å². The Morgan fingerprint density at radius 1 is 1.13 bits per heavy atom. The molecule has 7 heteroatoms. The number of hydrogen-bond acceptors (Lipinski definition) is 5. The molecule has 4 amide bonds. The average Bonchev–Trinajstić information content (AvgIpc) is 2.75. The lowest BCUT2D eigenvalue weighted by Crippen LogP contribution is -2.54. The van der Waals surface area contributed by atoms with Crippen molar-refractivity contribution < 1.29 is 24.2 Å². The number of carbonyl (C=O) groups excluding carboxylic acids is 3. The maximum Gasteiger partial charge on any atom is 0.335 e. The summed E-state index contributed by atoms with van der Waals surface area (Å²) in [6.07, 6.45) is 4.20. The van der Waals surface area contributed by atoms with Gasteiger partial charge >= 0.3 is 6.03 Å². The fraction of sp³-hybridized carbons (Fsp3) is 0.208. The molecule has 0 saturated carbocycles. The van der Waals surface area contributed by atoms with Crippen LogP contribution in [-0.2, 0) is 22.4 Å². The molecule has 7 nitrogen and oxygen atoms in total. The van der Waals surface area contributed by atoms with Crippen molar-refractivity contribution in [1.29, 1.82) is 0 Å². The van der Waals surface area contributed by atoms with Crippen molar-refractivity contribution in [3.05, 3.63) is 71.3 Å². The average molecular weight is 420 g/mol. The van der Waals surface area contributed by atoms with Gasteiger partial charge in [-0.05, 0) is 61.2 Å². The summed E-state index contributed by atoms with van der Waals surface area (Å²) in [6, 6.07) is 9.36. The molecule has 1 aliphatic heterocycles. The van der Waals surface area contributed by atoms with E-state index in [1.807, 2.05) is 19.1 Å². The van der Waals surface area contributed by atoms with Crippen molar-refractivity contribution in [2.45, 2.75) is 26.7 Å². The summed E-state index contributed by atoms with van der Waals surface area (Å²) in [5, 5.41) is 12.6. The van der Waals surface area contributed by atoms with E-state index in [4.69, 9.17) is 4.74 Å². The molecule has 2 N–H and O–H groups in total. The van der Waals surface area contributed by atoms with Crippen LogP contribution in [0.5, 0.6) is 11.5 Å². The van der Waals surface area contributed by atoms with Gasteiger partial charge in [0.2, 0.25) is 0 Å². The second-order valence-corrected chi connectivity index (χ2v) is 6.93. The first-order valence-corrected chi connectivity index (χ1v) is 9.99. The minimum atomic E-state index is -0.801. The van der Waals surface area contributed by atoms with Crippen molar-refractivity contribution in [3.8, 4) is 11.5 Å². The normalized spacial score (nSPS) is 15.2. The monoisotopic (exact) mass is 420 g/mol. The van der Waals surface area contributed by atoms with Crippen LogP contribution in [0, 0.1) is 0 Å². The molecule has 1 aliphatic rings. The highest BCUT2D eigenvalue weighted by Crippen LogP contribution is 2.33. The summed E-state index contributed by atoms with van der Waals surface area (Å²) in [4.78, 5) is 38.8. The molecule has 0 aromatic heterocycles. The quantitative estimate of drug-likeness (QED) is 0.404. The van der Waals surface area contributed by atoms with Gasteiger partial charge in [-0.2, -0.15) is 0 Å². The van der Waals surface area contributed by atoms with E-state index in [2.05, 4.69) is 11.9 Å². The van der Waals surface area contributed by atoms with E-state index in [-0.39, 0.29) is 17.1 Å². The van der Waals surface area contributed by atoms with Crippen molar-refractivity contribution in [3.63, 3.8) is 0 Å². The summed E-state index contributed by atoms with van der Waals surface area (Å²) in [5.41, 5.74) is 2.25. The second-order valence-electron chi connectivity index (χ2n) is 6.93. The van der Waals surface area contributed by atoms with Crippen molar-refractivity contribution in [2.24, 2.45) is 0 Å². The van der Waals surface area contributed by atoms with Gasteiger partial charge in [0.25, 0.3) is 11.8 Å². The maximum atomic E-state index is 13.1. The number of amides is 4. The van der Waals surface area contributed by atoms with Gasteiger partial charge in [0.15, 0.2) is 11.5 Å². The Labute approximate surface area is 180 Å². The number of hydrogen-bond donors (Lipinski definition) is 2. The minimum Gasteiger partial charge on any atom is -0.504 e. The summed E-state index contributed by atoms with van der Waals surface area (Å²) in [5.74, 6) is -1.29. The summed E-state index contributed by atoms with van der Waals surface area (Å²) in [7, 11) is 0. The van der Waals surface area contributed by atoms with Gasteiger partial charge in [-0.15, -0.1) is 6.58 Å². The lowest BCUT2D eigenvalue weighted by atomic mass is 10.0. The van der Waals surface area contributed by atoms with Crippen LogP contribution in [0.25, 0.3) is 6.08 Å². The van der Waals surface area contributed by atoms with Gasteiger partial charge in [-0.25, -0.2) is 9.69 Å². The predicted octanol–water partition coefficient (Wildman–Crippen LogP) is 3.75. The second kappa shape index (κ2) is 9.30. The number of phenolic OH excluding ortho intramolecular Hbond substituents is 1. The number of benzene rings is 2. The number of nitrogens with zero attached hydrogens (tertiary/aromatic N) is 1. The molecule has 1 fully saturated rings. The summed E-state index contributed by atoms with van der Waals surface area (Å²) in [6.45, 7) is 7.79. The molecule has 1 saturated heterocycles. The highest BCUT2D eigenvalue weighted by Gasteiger charge is 2.36. The third kappa shape index (κ3) is 4.50. The minimum absolute atomic E-state index is 0.0175. The number of barbiturate groups is 1. The van der Waals surface area contributed by atoms with Crippen molar-refractivity contribution >= 4 is 29.6 Å². The molecule has 0 unspecified atom stereocenters. The summed E-state index contributed by atoms with van der Waals surface area (Å²) >= 11 is 0. The topological polar surface area (TPSA) is 95.9 Å². The molecule has 1 heterocycles. The number of allylic oxidation sites excluding steroid dienone is 1. The number of imide groups is 2. The molecule has 31 heavy (non-hydrogen) atoms. The number of nitrogens with one attached hydrogen (secondary N) is 1. The molecule has 0 atom stereocenters. The van der Waals surface area contributed by atoms with Crippen molar-refractivity contribution in [2.75, 3.05) is 11.5 Å². The molecule has 0 spiro atoms. The molecule has 0 radical (unpaired) electrons. The van der Waals surface area contributed by atoms with Crippen LogP contribution in [-0.4, -0.2) is 29.6 Å². The fourth-order valence-corrected chi connectivity index (χ4v) is 3.29. The Kier molecular flexibility index (Phi) is 6.55. The van der Waals surface area contributed by atoms with Gasteiger partial charge in [0, 0.05) is 5.56 Å². The number of aryl methyl sites for hydroxylation is 1. The Bertz CT molecular complexity index is 1070. The van der Waals surface area contributed by atoms with Crippen LogP contribution in [0.4, 0.5) is 10.5 Å². The van der Waals surface area contributed by atoms with Gasteiger partial charge in [-0.1, -0.05) is 25.1 Å². The number of rotatable bonds is 7. The van der Waals surface area contributed by atoms with Crippen LogP contribution in [0.2, 0.25) is 0 Å². The molecule has 0 bridgehead atoms. The van der Waals surface area contributed by atoms with E-state index in [0.29, 0.717) is 29.8 Å². The zero-order valence-electron chi connectivity index (χ0n) is 17.5. The molecular formula is C24H24N2O5. The predicted molar refractivity (Wildman–Crippen MR) is 118 cm³/mol. The van der Waals surface area contributed by atoms with E-state index in [9.17, 15) is 19.5 Å². The standard InChI is InChI=1S/C24H24N2O5/c1-4-7-17-12-16(14-20(21(17)27)31-6-3)13-19-22(28)25-24(30)26(23(19)29)18-10-8-15(5-2)9-11-18/h4,8-14,27H,1,5-7H2,2-3H3,(H,25,28,30)/b19-13-. The molecule has 0 aliphatic carbocycles. The zero-order valence-corrected chi connectivity index (χ0v) is 17.5. The first kappa shape index (κ1) is 21.8.